The lowest BCUT2D eigenvalue weighted by atomic mass is 10.1. The zero-order valence-electron chi connectivity index (χ0n) is 12.8. The maximum atomic E-state index is 12.4. The van der Waals surface area contributed by atoms with Crippen molar-refractivity contribution >= 4 is 17.3 Å². The number of nitrogens with one attached hydrogen (secondary N) is 1. The number of carbonyl (C=O) groups excluding carboxylic acids is 1. The van der Waals surface area contributed by atoms with Crippen LogP contribution < -0.4 is 5.32 Å². The number of nitrogens with zero attached hydrogens (tertiary/aromatic N) is 2. The first-order chi connectivity index (χ1) is 9.92. The Kier molecular flexibility index (Phi) is 6.10. The molecule has 0 spiro atoms. The molecule has 0 aliphatic carbocycles. The molecular weight excluding hydrogens is 274 g/mol. The third kappa shape index (κ3) is 4.16. The molecule has 0 heterocycles. The quantitative estimate of drug-likeness (QED) is 0.615. The van der Waals surface area contributed by atoms with Crippen LogP contribution >= 0.6 is 0 Å². The second-order valence-electron chi connectivity index (χ2n) is 4.74. The van der Waals surface area contributed by atoms with E-state index in [1.54, 1.807) is 19.1 Å². The van der Waals surface area contributed by atoms with Gasteiger partial charge in [0.15, 0.2) is 0 Å². The molecular formula is C14H21N3O4. The van der Waals surface area contributed by atoms with E-state index >= 15 is 0 Å². The molecule has 0 fully saturated rings. The summed E-state index contributed by atoms with van der Waals surface area (Å²) >= 11 is 0. The van der Waals surface area contributed by atoms with Gasteiger partial charge >= 0.3 is 0 Å². The molecule has 1 rings (SSSR count). The number of methoxy groups -OCH3 is 1. The summed E-state index contributed by atoms with van der Waals surface area (Å²) in [6, 6.07) is 4.25. The minimum absolute atomic E-state index is 0.0407. The lowest BCUT2D eigenvalue weighted by Crippen LogP contribution is -2.37. The summed E-state index contributed by atoms with van der Waals surface area (Å²) in [4.78, 5) is 24.4. The predicted octanol–water partition coefficient (Wildman–Crippen LogP) is 2.13. The van der Waals surface area contributed by atoms with Crippen molar-refractivity contribution in [3.8, 4) is 0 Å². The summed E-state index contributed by atoms with van der Waals surface area (Å²) in [5, 5.41) is 13.9. The van der Waals surface area contributed by atoms with Gasteiger partial charge < -0.3 is 15.0 Å². The van der Waals surface area contributed by atoms with Crippen molar-refractivity contribution in [3.05, 3.63) is 33.9 Å². The van der Waals surface area contributed by atoms with Gasteiger partial charge in [-0.05, 0) is 26.0 Å². The number of hydrogen-bond acceptors (Lipinski definition) is 5. The van der Waals surface area contributed by atoms with E-state index < -0.39 is 4.92 Å². The fourth-order valence-electron chi connectivity index (χ4n) is 1.92. The minimum Gasteiger partial charge on any atom is -0.383 e. The van der Waals surface area contributed by atoms with Crippen molar-refractivity contribution < 1.29 is 14.5 Å². The highest BCUT2D eigenvalue weighted by Gasteiger charge is 2.21. The molecule has 1 aromatic carbocycles. The van der Waals surface area contributed by atoms with Crippen LogP contribution in [0.5, 0.6) is 0 Å². The maximum Gasteiger partial charge on any atom is 0.292 e. The number of nitro benzene ring substituents is 1. The van der Waals surface area contributed by atoms with Gasteiger partial charge in [-0.15, -0.1) is 0 Å². The summed E-state index contributed by atoms with van der Waals surface area (Å²) in [5.74, 6) is -0.200. The summed E-state index contributed by atoms with van der Waals surface area (Å²) in [6.07, 6.45) is 0. The number of likely N-dealkylation sites (N-methyl/N-ethyl adjacent to an activating group) is 1. The number of anilines is 1. The molecule has 1 aromatic rings. The van der Waals surface area contributed by atoms with Crippen molar-refractivity contribution in [2.24, 2.45) is 0 Å². The Morgan fingerprint density at radius 3 is 2.71 bits per heavy atom. The van der Waals surface area contributed by atoms with Gasteiger partial charge in [-0.2, -0.15) is 0 Å². The highest BCUT2D eigenvalue weighted by molar-refractivity contribution is 5.96. The van der Waals surface area contributed by atoms with Crippen molar-refractivity contribution in [2.75, 3.05) is 32.6 Å². The average Bonchev–Trinajstić information content (AvgIpc) is 2.46. The molecule has 1 N–H and O–H groups in total. The molecule has 7 nitrogen and oxygen atoms in total. The summed E-state index contributed by atoms with van der Waals surface area (Å²) < 4.78 is 5.03. The van der Waals surface area contributed by atoms with Crippen molar-refractivity contribution in [1.82, 2.24) is 4.90 Å². The van der Waals surface area contributed by atoms with Crippen LogP contribution in [0.25, 0.3) is 0 Å². The zero-order valence-corrected chi connectivity index (χ0v) is 12.8. The highest BCUT2D eigenvalue weighted by atomic mass is 16.6. The maximum absolute atomic E-state index is 12.4. The summed E-state index contributed by atoms with van der Waals surface area (Å²) in [6.45, 7) is 4.67. The normalized spacial score (nSPS) is 11.8. The lowest BCUT2D eigenvalue weighted by molar-refractivity contribution is -0.384. The van der Waals surface area contributed by atoms with Crippen LogP contribution in [0.15, 0.2) is 18.2 Å². The number of hydrogen-bond donors (Lipinski definition) is 1. The van der Waals surface area contributed by atoms with Gasteiger partial charge in [-0.3, -0.25) is 14.9 Å². The number of amides is 1. The van der Waals surface area contributed by atoms with Gasteiger partial charge in [0.1, 0.15) is 5.69 Å². The Labute approximate surface area is 124 Å². The van der Waals surface area contributed by atoms with Crippen LogP contribution in [0.1, 0.15) is 24.2 Å². The second kappa shape index (κ2) is 7.58. The molecule has 1 atom stereocenters. The van der Waals surface area contributed by atoms with Crippen LogP contribution in [-0.2, 0) is 4.74 Å². The van der Waals surface area contributed by atoms with Gasteiger partial charge in [-0.25, -0.2) is 0 Å². The van der Waals surface area contributed by atoms with Crippen LogP contribution in [0, 0.1) is 10.1 Å². The average molecular weight is 295 g/mol. The molecule has 0 aliphatic heterocycles. The Balaban J connectivity index is 3.05. The summed E-state index contributed by atoms with van der Waals surface area (Å²) in [7, 11) is 3.25. The van der Waals surface area contributed by atoms with Crippen molar-refractivity contribution in [2.45, 2.75) is 19.9 Å². The van der Waals surface area contributed by atoms with Crippen LogP contribution in [0.3, 0.4) is 0 Å². The Morgan fingerprint density at radius 2 is 2.19 bits per heavy atom. The van der Waals surface area contributed by atoms with E-state index in [2.05, 4.69) is 5.32 Å². The Morgan fingerprint density at radius 1 is 1.52 bits per heavy atom. The van der Waals surface area contributed by atoms with Gasteiger partial charge in [0.25, 0.3) is 11.6 Å². The van der Waals surface area contributed by atoms with E-state index in [0.717, 1.165) is 0 Å². The standard InChI is InChI=1S/C14H21N3O4/c1-5-15-12-8-11(6-7-13(12)17(19)20)14(18)16(3)10(2)9-21-4/h6-8,10,15H,5,9H2,1-4H3. The molecule has 21 heavy (non-hydrogen) atoms. The predicted molar refractivity (Wildman–Crippen MR) is 80.7 cm³/mol. The minimum atomic E-state index is -0.469. The molecule has 0 aliphatic rings. The Bertz CT molecular complexity index is 519. The van der Waals surface area contributed by atoms with Crippen LogP contribution in [0.4, 0.5) is 11.4 Å². The van der Waals surface area contributed by atoms with Crippen LogP contribution in [-0.4, -0.2) is 49.1 Å². The topological polar surface area (TPSA) is 84.7 Å². The van der Waals surface area contributed by atoms with Crippen LogP contribution in [0.2, 0.25) is 0 Å². The molecule has 1 unspecified atom stereocenters. The zero-order chi connectivity index (χ0) is 16.0. The number of rotatable bonds is 7. The van der Waals surface area contributed by atoms with Gasteiger partial charge in [0.2, 0.25) is 0 Å². The third-order valence-corrected chi connectivity index (χ3v) is 3.20. The Hall–Kier alpha value is -2.15. The van der Waals surface area contributed by atoms with E-state index in [-0.39, 0.29) is 17.6 Å². The van der Waals surface area contributed by atoms with Crippen molar-refractivity contribution in [1.29, 1.82) is 0 Å². The number of benzene rings is 1. The number of ether oxygens (including phenoxy) is 1. The fraction of sp³-hybridized carbons (Fsp3) is 0.500. The van der Waals surface area contributed by atoms with E-state index in [0.29, 0.717) is 24.4 Å². The largest absolute Gasteiger partial charge is 0.383 e. The van der Waals surface area contributed by atoms with Crippen molar-refractivity contribution in [3.63, 3.8) is 0 Å². The molecule has 0 saturated carbocycles. The molecule has 0 radical (unpaired) electrons. The third-order valence-electron chi connectivity index (χ3n) is 3.20. The molecule has 0 aromatic heterocycles. The van der Waals surface area contributed by atoms with Gasteiger partial charge in [-0.1, -0.05) is 0 Å². The number of carbonyl (C=O) groups is 1. The van der Waals surface area contributed by atoms with E-state index in [1.165, 1.54) is 18.2 Å². The first-order valence-corrected chi connectivity index (χ1v) is 6.70. The number of nitro groups is 1. The first kappa shape index (κ1) is 16.9. The summed E-state index contributed by atoms with van der Waals surface area (Å²) in [5.41, 5.74) is 0.712. The molecule has 116 valence electrons. The monoisotopic (exact) mass is 295 g/mol. The molecule has 1 amide bonds. The second-order valence-corrected chi connectivity index (χ2v) is 4.74. The highest BCUT2D eigenvalue weighted by Crippen LogP contribution is 2.26. The lowest BCUT2D eigenvalue weighted by Gasteiger charge is -2.24. The van der Waals surface area contributed by atoms with Gasteiger partial charge in [0, 0.05) is 32.3 Å². The smallest absolute Gasteiger partial charge is 0.292 e. The fourth-order valence-corrected chi connectivity index (χ4v) is 1.92. The van der Waals surface area contributed by atoms with E-state index in [9.17, 15) is 14.9 Å². The van der Waals surface area contributed by atoms with Gasteiger partial charge in [0.05, 0.1) is 17.6 Å². The first-order valence-electron chi connectivity index (χ1n) is 6.70. The van der Waals surface area contributed by atoms with E-state index in [4.69, 9.17) is 4.74 Å². The SMILES string of the molecule is CCNc1cc(C(=O)N(C)C(C)COC)ccc1[N+](=O)[O-]. The molecule has 7 heteroatoms. The van der Waals surface area contributed by atoms with E-state index in [1.807, 2.05) is 13.8 Å². The molecule has 0 bridgehead atoms. The molecule has 0 saturated heterocycles.